The quantitative estimate of drug-likeness (QED) is 0.796. The Balaban J connectivity index is 0.000000342. The number of sulfonamides is 1. The second-order valence-corrected chi connectivity index (χ2v) is 8.89. The minimum atomic E-state index is -3.52. The van der Waals surface area contributed by atoms with Crippen molar-refractivity contribution in [2.45, 2.75) is 18.7 Å². The topological polar surface area (TPSA) is 54.5 Å². The SMILES string of the molecule is CCSC(=O)C1=CCN(S(=O)(=O)c2ccc(C)cc2)C1.c1ccccc1. The summed E-state index contributed by atoms with van der Waals surface area (Å²) in [5.41, 5.74) is 1.59. The summed E-state index contributed by atoms with van der Waals surface area (Å²) in [6.45, 7) is 4.25. The summed E-state index contributed by atoms with van der Waals surface area (Å²) < 4.78 is 26.2. The molecule has 0 amide bonds. The first kappa shape index (κ1) is 20.4. The third-order valence-corrected chi connectivity index (χ3v) is 6.39. The molecule has 26 heavy (non-hydrogen) atoms. The molecular formula is C20H23NO3S2. The average molecular weight is 390 g/mol. The summed E-state index contributed by atoms with van der Waals surface area (Å²) in [4.78, 5) is 12.0. The lowest BCUT2D eigenvalue weighted by Crippen LogP contribution is -2.29. The summed E-state index contributed by atoms with van der Waals surface area (Å²) in [5.74, 6) is 0.695. The molecule has 4 nitrogen and oxygen atoms in total. The Labute approximate surface area is 160 Å². The van der Waals surface area contributed by atoms with E-state index in [1.807, 2.05) is 50.2 Å². The molecule has 0 aliphatic carbocycles. The van der Waals surface area contributed by atoms with Gasteiger partial charge in [0.15, 0.2) is 0 Å². The molecule has 0 aromatic heterocycles. The van der Waals surface area contributed by atoms with Gasteiger partial charge in [0.05, 0.1) is 4.90 Å². The molecule has 0 unspecified atom stereocenters. The van der Waals surface area contributed by atoms with Crippen LogP contribution < -0.4 is 0 Å². The Morgan fingerprint density at radius 2 is 1.58 bits per heavy atom. The summed E-state index contributed by atoms with van der Waals surface area (Å²) in [7, 11) is -3.52. The molecule has 1 aliphatic heterocycles. The number of hydrogen-bond donors (Lipinski definition) is 0. The standard InChI is InChI=1S/C14H17NO3S2.C6H6/c1-3-19-14(16)12-8-9-15(10-12)20(17,18)13-6-4-11(2)5-7-13;1-2-4-6-5-3-1/h4-8H,3,9-10H2,1-2H3;1-6H. The van der Waals surface area contributed by atoms with E-state index in [1.54, 1.807) is 30.3 Å². The molecule has 138 valence electrons. The van der Waals surface area contributed by atoms with E-state index in [1.165, 1.54) is 16.1 Å². The average Bonchev–Trinajstić information content (AvgIpc) is 3.15. The summed E-state index contributed by atoms with van der Waals surface area (Å²) in [6, 6.07) is 18.8. The molecule has 2 aromatic rings. The van der Waals surface area contributed by atoms with Crippen LogP contribution in [0, 0.1) is 6.92 Å². The molecule has 0 spiro atoms. The van der Waals surface area contributed by atoms with Crippen molar-refractivity contribution in [3.63, 3.8) is 0 Å². The Hall–Kier alpha value is -1.89. The van der Waals surface area contributed by atoms with Crippen molar-refractivity contribution < 1.29 is 13.2 Å². The van der Waals surface area contributed by atoms with Gasteiger partial charge in [0.2, 0.25) is 15.1 Å². The van der Waals surface area contributed by atoms with E-state index in [2.05, 4.69) is 0 Å². The zero-order chi connectivity index (χ0) is 19.0. The molecule has 0 N–H and O–H groups in total. The second-order valence-electron chi connectivity index (χ2n) is 5.72. The highest BCUT2D eigenvalue weighted by atomic mass is 32.2. The molecule has 0 saturated heterocycles. The number of carbonyl (C=O) groups is 1. The van der Waals surface area contributed by atoms with Crippen LogP contribution in [0.1, 0.15) is 12.5 Å². The van der Waals surface area contributed by atoms with E-state index >= 15 is 0 Å². The molecule has 0 bridgehead atoms. The fourth-order valence-electron chi connectivity index (χ4n) is 2.33. The van der Waals surface area contributed by atoms with Crippen molar-refractivity contribution in [2.75, 3.05) is 18.8 Å². The molecular weight excluding hydrogens is 366 g/mol. The number of carbonyl (C=O) groups excluding carboxylic acids is 1. The first-order valence-electron chi connectivity index (χ1n) is 8.38. The first-order chi connectivity index (χ1) is 12.4. The third kappa shape index (κ3) is 5.56. The van der Waals surface area contributed by atoms with Crippen LogP contribution in [-0.4, -0.2) is 36.7 Å². The van der Waals surface area contributed by atoms with Crippen molar-refractivity contribution in [1.82, 2.24) is 4.31 Å². The van der Waals surface area contributed by atoms with Crippen LogP contribution in [0.5, 0.6) is 0 Å². The minimum absolute atomic E-state index is 0.0332. The Kier molecular flexibility index (Phi) is 7.63. The summed E-state index contributed by atoms with van der Waals surface area (Å²) >= 11 is 1.21. The predicted molar refractivity (Wildman–Crippen MR) is 108 cm³/mol. The Bertz CT molecular complexity index is 818. The number of aryl methyl sites for hydroxylation is 1. The predicted octanol–water partition coefficient (Wildman–Crippen LogP) is 3.89. The first-order valence-corrected chi connectivity index (χ1v) is 10.8. The van der Waals surface area contributed by atoms with Gasteiger partial charge in [0.1, 0.15) is 0 Å². The van der Waals surface area contributed by atoms with Gasteiger partial charge in [-0.05, 0) is 24.8 Å². The molecule has 3 rings (SSSR count). The van der Waals surface area contributed by atoms with E-state index in [9.17, 15) is 13.2 Å². The molecule has 0 fully saturated rings. The van der Waals surface area contributed by atoms with Crippen LogP contribution in [-0.2, 0) is 14.8 Å². The van der Waals surface area contributed by atoms with Crippen molar-refractivity contribution in [3.05, 3.63) is 77.9 Å². The van der Waals surface area contributed by atoms with Gasteiger partial charge in [-0.25, -0.2) is 8.42 Å². The molecule has 0 radical (unpaired) electrons. The van der Waals surface area contributed by atoms with Gasteiger partial charge in [-0.2, -0.15) is 4.31 Å². The van der Waals surface area contributed by atoms with Crippen LogP contribution >= 0.6 is 11.8 Å². The van der Waals surface area contributed by atoms with Crippen LogP contribution in [0.3, 0.4) is 0 Å². The molecule has 1 aliphatic rings. The fraction of sp³-hybridized carbons (Fsp3) is 0.250. The van der Waals surface area contributed by atoms with Crippen LogP contribution in [0.15, 0.2) is 77.2 Å². The number of benzene rings is 2. The van der Waals surface area contributed by atoms with E-state index in [-0.39, 0.29) is 23.1 Å². The highest BCUT2D eigenvalue weighted by Gasteiger charge is 2.30. The maximum absolute atomic E-state index is 12.4. The van der Waals surface area contributed by atoms with Gasteiger partial charge < -0.3 is 0 Å². The van der Waals surface area contributed by atoms with Gasteiger partial charge in [0.25, 0.3) is 0 Å². The zero-order valence-electron chi connectivity index (χ0n) is 15.0. The van der Waals surface area contributed by atoms with Gasteiger partial charge in [-0.1, -0.05) is 78.9 Å². The van der Waals surface area contributed by atoms with Crippen molar-refractivity contribution >= 4 is 26.9 Å². The Morgan fingerprint density at radius 3 is 2.08 bits per heavy atom. The van der Waals surface area contributed by atoms with E-state index in [4.69, 9.17) is 0 Å². The van der Waals surface area contributed by atoms with Gasteiger partial charge >= 0.3 is 0 Å². The van der Waals surface area contributed by atoms with Gasteiger partial charge in [-0.3, -0.25) is 4.79 Å². The maximum Gasteiger partial charge on any atom is 0.243 e. The van der Waals surface area contributed by atoms with Crippen LogP contribution in [0.4, 0.5) is 0 Å². The number of nitrogens with zero attached hydrogens (tertiary/aromatic N) is 1. The monoisotopic (exact) mass is 389 g/mol. The van der Waals surface area contributed by atoms with E-state index in [0.29, 0.717) is 11.3 Å². The van der Waals surface area contributed by atoms with Gasteiger partial charge in [-0.15, -0.1) is 0 Å². The second kappa shape index (κ2) is 9.71. The zero-order valence-corrected chi connectivity index (χ0v) is 16.6. The molecule has 6 heteroatoms. The lowest BCUT2D eigenvalue weighted by Gasteiger charge is -2.16. The number of thioether (sulfide) groups is 1. The van der Waals surface area contributed by atoms with E-state index < -0.39 is 10.0 Å². The van der Waals surface area contributed by atoms with Crippen LogP contribution in [0.25, 0.3) is 0 Å². The smallest absolute Gasteiger partial charge is 0.243 e. The maximum atomic E-state index is 12.4. The number of hydrogen-bond acceptors (Lipinski definition) is 4. The Morgan fingerprint density at radius 1 is 1.04 bits per heavy atom. The van der Waals surface area contributed by atoms with Crippen molar-refractivity contribution in [2.24, 2.45) is 0 Å². The lowest BCUT2D eigenvalue weighted by atomic mass is 10.2. The summed E-state index contributed by atoms with van der Waals surface area (Å²) in [5, 5.41) is -0.0332. The van der Waals surface area contributed by atoms with E-state index in [0.717, 1.165) is 5.56 Å². The minimum Gasteiger partial charge on any atom is -0.282 e. The lowest BCUT2D eigenvalue weighted by molar-refractivity contribution is -0.107. The highest BCUT2D eigenvalue weighted by molar-refractivity contribution is 8.14. The number of rotatable bonds is 4. The third-order valence-electron chi connectivity index (χ3n) is 3.75. The van der Waals surface area contributed by atoms with Gasteiger partial charge in [0, 0.05) is 18.7 Å². The molecule has 2 aromatic carbocycles. The fourth-order valence-corrected chi connectivity index (χ4v) is 4.28. The van der Waals surface area contributed by atoms with Crippen molar-refractivity contribution in [3.8, 4) is 0 Å². The molecule has 1 heterocycles. The highest BCUT2D eigenvalue weighted by Crippen LogP contribution is 2.23. The molecule has 0 atom stereocenters. The van der Waals surface area contributed by atoms with Crippen LogP contribution in [0.2, 0.25) is 0 Å². The largest absolute Gasteiger partial charge is 0.282 e. The van der Waals surface area contributed by atoms with Crippen molar-refractivity contribution in [1.29, 1.82) is 0 Å². The summed E-state index contributed by atoms with van der Waals surface area (Å²) in [6.07, 6.45) is 1.71. The molecule has 0 saturated carbocycles. The normalized spacial score (nSPS) is 14.3.